The van der Waals surface area contributed by atoms with Crippen LogP contribution in [0.4, 0.5) is 5.69 Å². The number of rotatable bonds is 9. The van der Waals surface area contributed by atoms with Gasteiger partial charge in [0.2, 0.25) is 0 Å². The maximum Gasteiger partial charge on any atom is 0.325 e. The van der Waals surface area contributed by atoms with Crippen molar-refractivity contribution >= 4 is 55.3 Å². The van der Waals surface area contributed by atoms with E-state index in [2.05, 4.69) is 52.2 Å². The van der Waals surface area contributed by atoms with Crippen molar-refractivity contribution in [2.75, 3.05) is 46.2 Å². The molecule has 0 aliphatic carbocycles. The highest BCUT2D eigenvalue weighted by Gasteiger charge is 2.17. The van der Waals surface area contributed by atoms with Crippen LogP contribution >= 0.6 is 31.9 Å². The third kappa shape index (κ3) is 6.85. The molecule has 2 amide bonds. The Balaban J connectivity index is 2.20. The molecule has 162 valence electrons. The number of carbonyl (C=O) groups excluding carboxylic acids is 3. The molecule has 2 aromatic rings. The summed E-state index contributed by atoms with van der Waals surface area (Å²) in [6.07, 6.45) is 0. The van der Waals surface area contributed by atoms with Crippen LogP contribution in [-0.4, -0.2) is 68.6 Å². The molecule has 0 bridgehead atoms. The number of ether oxygens (including phenoxy) is 2. The van der Waals surface area contributed by atoms with Crippen molar-refractivity contribution in [1.82, 2.24) is 15.2 Å². The number of nitrogens with one attached hydrogen (secondary N) is 3. The van der Waals surface area contributed by atoms with Gasteiger partial charge in [-0.05, 0) is 64.2 Å². The molecule has 11 heteroatoms. The number of anilines is 1. The quantitative estimate of drug-likeness (QED) is 0.417. The number of hydrogen-bond acceptors (Lipinski definition) is 6. The summed E-state index contributed by atoms with van der Waals surface area (Å²) in [6.45, 7) is 0.698. The Morgan fingerprint density at radius 1 is 1.13 bits per heavy atom. The predicted molar refractivity (Wildman–Crippen MR) is 119 cm³/mol. The van der Waals surface area contributed by atoms with Crippen LogP contribution in [0, 0.1) is 0 Å². The number of aromatic amines is 1. The molecule has 1 aromatic carbocycles. The first-order chi connectivity index (χ1) is 14.2. The smallest absolute Gasteiger partial charge is 0.325 e. The molecule has 0 saturated heterocycles. The molecule has 30 heavy (non-hydrogen) atoms. The first kappa shape index (κ1) is 23.9. The van der Waals surface area contributed by atoms with Crippen LogP contribution in [0.1, 0.15) is 20.8 Å². The van der Waals surface area contributed by atoms with E-state index in [0.717, 1.165) is 4.47 Å². The number of likely N-dealkylation sites (N-methyl/N-ethyl adjacent to an activating group) is 1. The second-order valence-electron chi connectivity index (χ2n) is 6.42. The molecule has 1 heterocycles. The minimum Gasteiger partial charge on any atom is -0.491 e. The van der Waals surface area contributed by atoms with Crippen LogP contribution in [0.25, 0.3) is 0 Å². The van der Waals surface area contributed by atoms with Gasteiger partial charge in [0.25, 0.3) is 11.8 Å². The lowest BCUT2D eigenvalue weighted by molar-refractivity contribution is -0.139. The second kappa shape index (κ2) is 11.1. The van der Waals surface area contributed by atoms with Crippen LogP contribution < -0.4 is 15.4 Å². The van der Waals surface area contributed by atoms with E-state index in [1.54, 1.807) is 18.2 Å². The summed E-state index contributed by atoms with van der Waals surface area (Å²) in [5.41, 5.74) is 1.04. The van der Waals surface area contributed by atoms with E-state index in [4.69, 9.17) is 4.74 Å². The Morgan fingerprint density at radius 3 is 2.47 bits per heavy atom. The monoisotopic (exact) mass is 544 g/mol. The zero-order valence-electron chi connectivity index (χ0n) is 16.7. The largest absolute Gasteiger partial charge is 0.491 e. The van der Waals surface area contributed by atoms with Gasteiger partial charge in [-0.2, -0.15) is 0 Å². The standard InChI is InChI=1S/C19H22Br2N4O5/c1-25(2)6-7-30-15-8-11(23-19(28)14-9-13(20)17(21)24-14)4-5-12(15)18(27)22-10-16(26)29-3/h4-5,8-9,24H,6-7,10H2,1-3H3,(H,22,27)(H,23,28). The number of esters is 1. The Labute approximate surface area is 190 Å². The van der Waals surface area contributed by atoms with Gasteiger partial charge in [-0.25, -0.2) is 0 Å². The maximum atomic E-state index is 12.5. The summed E-state index contributed by atoms with van der Waals surface area (Å²) in [5, 5.41) is 5.23. The van der Waals surface area contributed by atoms with Crippen molar-refractivity contribution in [3.05, 3.63) is 44.6 Å². The molecule has 0 aliphatic heterocycles. The van der Waals surface area contributed by atoms with Crippen molar-refractivity contribution in [3.63, 3.8) is 0 Å². The highest BCUT2D eigenvalue weighted by atomic mass is 79.9. The van der Waals surface area contributed by atoms with Crippen molar-refractivity contribution in [1.29, 1.82) is 0 Å². The molecule has 0 unspecified atom stereocenters. The van der Waals surface area contributed by atoms with Crippen LogP contribution in [0.5, 0.6) is 5.75 Å². The Bertz CT molecular complexity index is 910. The van der Waals surface area contributed by atoms with Gasteiger partial charge < -0.3 is 30.0 Å². The fourth-order valence-electron chi connectivity index (χ4n) is 2.29. The summed E-state index contributed by atoms with van der Waals surface area (Å²) in [5.74, 6) is -1.13. The average Bonchev–Trinajstić information content (AvgIpc) is 3.04. The lowest BCUT2D eigenvalue weighted by atomic mass is 10.1. The zero-order chi connectivity index (χ0) is 22.3. The Kier molecular flexibility index (Phi) is 8.88. The van der Waals surface area contributed by atoms with Gasteiger partial charge in [-0.15, -0.1) is 0 Å². The summed E-state index contributed by atoms with van der Waals surface area (Å²) < 4.78 is 11.7. The van der Waals surface area contributed by atoms with Gasteiger partial charge in [-0.1, -0.05) is 0 Å². The number of carbonyl (C=O) groups is 3. The number of benzene rings is 1. The van der Waals surface area contributed by atoms with Gasteiger partial charge in [0.15, 0.2) is 0 Å². The van der Waals surface area contributed by atoms with Crippen LogP contribution in [-0.2, 0) is 9.53 Å². The molecular weight excluding hydrogens is 524 g/mol. The number of H-pyrrole nitrogens is 1. The lowest BCUT2D eigenvalue weighted by Crippen LogP contribution is -2.30. The number of amides is 2. The summed E-state index contributed by atoms with van der Waals surface area (Å²) in [7, 11) is 5.04. The molecule has 0 saturated carbocycles. The molecule has 1 aromatic heterocycles. The SMILES string of the molecule is COC(=O)CNC(=O)c1ccc(NC(=O)c2cc(Br)c(Br)[nH]2)cc1OCCN(C)C. The van der Waals surface area contributed by atoms with E-state index in [1.807, 2.05) is 19.0 Å². The van der Waals surface area contributed by atoms with E-state index in [-0.39, 0.29) is 23.8 Å². The normalized spacial score (nSPS) is 10.6. The minimum atomic E-state index is -0.564. The molecule has 0 aliphatic rings. The number of nitrogens with zero attached hydrogens (tertiary/aromatic N) is 1. The van der Waals surface area contributed by atoms with Crippen molar-refractivity contribution in [2.24, 2.45) is 0 Å². The van der Waals surface area contributed by atoms with Gasteiger partial charge >= 0.3 is 5.97 Å². The van der Waals surface area contributed by atoms with Gasteiger partial charge in [0.1, 0.15) is 24.6 Å². The van der Waals surface area contributed by atoms with E-state index in [1.165, 1.54) is 13.2 Å². The molecular formula is C19H22Br2N4O5. The van der Waals surface area contributed by atoms with Gasteiger partial charge in [0.05, 0.1) is 21.7 Å². The highest BCUT2D eigenvalue weighted by Crippen LogP contribution is 2.26. The van der Waals surface area contributed by atoms with Crippen molar-refractivity contribution in [2.45, 2.75) is 0 Å². The Hall–Kier alpha value is -2.37. The van der Waals surface area contributed by atoms with Crippen molar-refractivity contribution in [3.8, 4) is 5.75 Å². The lowest BCUT2D eigenvalue weighted by Gasteiger charge is -2.15. The topological polar surface area (TPSA) is 113 Å². The molecule has 0 spiro atoms. The fraction of sp³-hybridized carbons (Fsp3) is 0.316. The molecule has 9 nitrogen and oxygen atoms in total. The number of halogens is 2. The maximum absolute atomic E-state index is 12.5. The first-order valence-electron chi connectivity index (χ1n) is 8.83. The van der Waals surface area contributed by atoms with Crippen LogP contribution in [0.15, 0.2) is 33.3 Å². The summed E-state index contributed by atoms with van der Waals surface area (Å²) in [6, 6.07) is 6.31. The first-order valence-corrected chi connectivity index (χ1v) is 10.4. The third-order valence-electron chi connectivity index (χ3n) is 3.87. The average molecular weight is 546 g/mol. The predicted octanol–water partition coefficient (Wildman–Crippen LogP) is 2.64. The van der Waals surface area contributed by atoms with E-state index >= 15 is 0 Å². The summed E-state index contributed by atoms with van der Waals surface area (Å²) >= 11 is 6.61. The van der Waals surface area contributed by atoms with E-state index < -0.39 is 11.9 Å². The van der Waals surface area contributed by atoms with E-state index in [9.17, 15) is 14.4 Å². The molecule has 0 atom stereocenters. The molecule has 0 radical (unpaired) electrons. The van der Waals surface area contributed by atoms with Crippen LogP contribution in [0.2, 0.25) is 0 Å². The number of methoxy groups -OCH3 is 1. The Morgan fingerprint density at radius 2 is 1.87 bits per heavy atom. The zero-order valence-corrected chi connectivity index (χ0v) is 19.8. The van der Waals surface area contributed by atoms with Gasteiger partial charge in [0, 0.05) is 18.3 Å². The molecule has 2 rings (SSSR count). The minimum absolute atomic E-state index is 0.237. The van der Waals surface area contributed by atoms with Crippen LogP contribution in [0.3, 0.4) is 0 Å². The third-order valence-corrected chi connectivity index (χ3v) is 5.65. The second-order valence-corrected chi connectivity index (χ2v) is 8.07. The van der Waals surface area contributed by atoms with E-state index in [0.29, 0.717) is 29.1 Å². The van der Waals surface area contributed by atoms with Crippen molar-refractivity contribution < 1.29 is 23.9 Å². The fourth-order valence-corrected chi connectivity index (χ4v) is 2.95. The number of hydrogen-bond donors (Lipinski definition) is 3. The van der Waals surface area contributed by atoms with Gasteiger partial charge in [-0.3, -0.25) is 14.4 Å². The molecule has 0 fully saturated rings. The summed E-state index contributed by atoms with van der Waals surface area (Å²) in [4.78, 5) is 41.0. The number of aromatic nitrogens is 1. The highest BCUT2D eigenvalue weighted by molar-refractivity contribution is 9.13. The molecule has 3 N–H and O–H groups in total.